The van der Waals surface area contributed by atoms with E-state index in [1.54, 1.807) is 0 Å². The topological polar surface area (TPSA) is 59.4 Å². The van der Waals surface area contributed by atoms with Crippen molar-refractivity contribution in [2.24, 2.45) is 0 Å². The lowest BCUT2D eigenvalue weighted by Crippen LogP contribution is -2.54. The fraction of sp³-hybridized carbons (Fsp3) is 0.448. The molecule has 184 valence electrons. The molecule has 35 heavy (non-hydrogen) atoms. The monoisotopic (exact) mass is 472 g/mol. The number of carbonyl (C=O) groups is 1. The maximum absolute atomic E-state index is 13.9. The molecule has 0 saturated carbocycles. The average Bonchev–Trinajstić information content (AvgIpc) is 3.23. The van der Waals surface area contributed by atoms with Crippen LogP contribution in [0.2, 0.25) is 0 Å². The lowest BCUT2D eigenvalue weighted by molar-refractivity contribution is -0.162. The Labute approximate surface area is 208 Å². The van der Waals surface area contributed by atoms with E-state index >= 15 is 0 Å². The summed E-state index contributed by atoms with van der Waals surface area (Å²) in [6.07, 6.45) is 3.65. The van der Waals surface area contributed by atoms with Gasteiger partial charge in [0, 0.05) is 23.8 Å². The highest BCUT2D eigenvalue weighted by atomic mass is 16.5. The summed E-state index contributed by atoms with van der Waals surface area (Å²) in [6.45, 7) is 8.70. The predicted octanol–water partition coefficient (Wildman–Crippen LogP) is 4.99. The molecule has 1 N–H and O–H groups in total. The van der Waals surface area contributed by atoms with Crippen molar-refractivity contribution in [1.82, 2.24) is 20.0 Å². The van der Waals surface area contributed by atoms with Crippen molar-refractivity contribution in [1.29, 1.82) is 0 Å². The Morgan fingerprint density at radius 1 is 1.11 bits per heavy atom. The van der Waals surface area contributed by atoms with Crippen LogP contribution < -0.4 is 5.32 Å². The zero-order valence-electron chi connectivity index (χ0n) is 21.0. The predicted molar refractivity (Wildman–Crippen MR) is 138 cm³/mol. The molecule has 2 aliphatic rings. The first kappa shape index (κ1) is 23.8. The van der Waals surface area contributed by atoms with E-state index in [9.17, 15) is 4.79 Å². The van der Waals surface area contributed by atoms with E-state index in [2.05, 4.69) is 52.6 Å². The number of nitrogens with one attached hydrogen (secondary N) is 1. The minimum atomic E-state index is -0.187. The lowest BCUT2D eigenvalue weighted by Gasteiger charge is -2.49. The number of benzene rings is 2. The molecule has 2 aromatic carbocycles. The van der Waals surface area contributed by atoms with Gasteiger partial charge in [0.25, 0.3) is 5.91 Å². The second kappa shape index (κ2) is 9.96. The minimum Gasteiger partial charge on any atom is -0.367 e. The third kappa shape index (κ3) is 4.91. The first-order chi connectivity index (χ1) is 17.0. The molecule has 5 rings (SSSR count). The van der Waals surface area contributed by atoms with Crippen molar-refractivity contribution in [3.8, 4) is 5.69 Å². The number of nitrogens with zero attached hydrogens (tertiary/aromatic N) is 3. The Morgan fingerprint density at radius 3 is 2.57 bits per heavy atom. The standard InChI is InChI=1S/C29H36N4O2/c1-4-32(28(34)24-11-8-12-25(18-24)33-22(3)17-21(2)31-33)26-19-27(23-9-6-5-7-10-23)35-29(20-26)13-15-30-16-14-29/h5-12,17-18,26-27,30H,4,13-16,19-20H2,1-3H3/t26-,27+/m0/s1. The summed E-state index contributed by atoms with van der Waals surface area (Å²) < 4.78 is 8.72. The van der Waals surface area contributed by atoms with E-state index in [0.29, 0.717) is 12.1 Å². The zero-order chi connectivity index (χ0) is 24.4. The molecule has 2 atom stereocenters. The fourth-order valence-corrected chi connectivity index (χ4v) is 5.87. The first-order valence-corrected chi connectivity index (χ1v) is 12.9. The van der Waals surface area contributed by atoms with Crippen LogP contribution in [0.3, 0.4) is 0 Å². The van der Waals surface area contributed by atoms with Gasteiger partial charge in [0.1, 0.15) is 0 Å². The number of amides is 1. The van der Waals surface area contributed by atoms with E-state index in [1.165, 1.54) is 5.56 Å². The van der Waals surface area contributed by atoms with Gasteiger partial charge >= 0.3 is 0 Å². The number of carbonyl (C=O) groups excluding carboxylic acids is 1. The Morgan fingerprint density at radius 2 is 1.89 bits per heavy atom. The number of hydrogen-bond acceptors (Lipinski definition) is 4. The molecule has 6 heteroatoms. The Kier molecular flexibility index (Phi) is 6.76. The van der Waals surface area contributed by atoms with Gasteiger partial charge in [-0.25, -0.2) is 4.68 Å². The molecule has 2 fully saturated rings. The number of hydrogen-bond donors (Lipinski definition) is 1. The Hall–Kier alpha value is -2.96. The van der Waals surface area contributed by atoms with Gasteiger partial charge in [-0.1, -0.05) is 36.4 Å². The van der Waals surface area contributed by atoms with Crippen LogP contribution in [0, 0.1) is 13.8 Å². The maximum Gasteiger partial charge on any atom is 0.254 e. The first-order valence-electron chi connectivity index (χ1n) is 12.9. The lowest BCUT2D eigenvalue weighted by atomic mass is 9.79. The number of ether oxygens (including phenoxy) is 1. The molecule has 3 heterocycles. The molecular weight excluding hydrogens is 436 g/mol. The van der Waals surface area contributed by atoms with Crippen LogP contribution in [0.4, 0.5) is 0 Å². The van der Waals surface area contributed by atoms with E-state index in [0.717, 1.165) is 55.8 Å². The van der Waals surface area contributed by atoms with Gasteiger partial charge < -0.3 is 15.0 Å². The van der Waals surface area contributed by atoms with Crippen LogP contribution in [-0.4, -0.2) is 51.9 Å². The second-order valence-electron chi connectivity index (χ2n) is 10.0. The average molecular weight is 473 g/mol. The summed E-state index contributed by atoms with van der Waals surface area (Å²) in [6, 6.07) is 20.5. The third-order valence-electron chi connectivity index (χ3n) is 7.56. The largest absolute Gasteiger partial charge is 0.367 e. The van der Waals surface area contributed by atoms with E-state index in [-0.39, 0.29) is 23.7 Å². The van der Waals surface area contributed by atoms with E-state index in [4.69, 9.17) is 4.74 Å². The smallest absolute Gasteiger partial charge is 0.254 e. The molecule has 1 aromatic heterocycles. The molecule has 1 amide bonds. The molecule has 3 aromatic rings. The van der Waals surface area contributed by atoms with Gasteiger partial charge in [0.15, 0.2) is 0 Å². The van der Waals surface area contributed by atoms with Crippen molar-refractivity contribution < 1.29 is 9.53 Å². The molecule has 0 aliphatic carbocycles. The fourth-order valence-electron chi connectivity index (χ4n) is 5.87. The molecule has 1 spiro atoms. The summed E-state index contributed by atoms with van der Waals surface area (Å²) >= 11 is 0. The second-order valence-corrected chi connectivity index (χ2v) is 10.0. The molecule has 6 nitrogen and oxygen atoms in total. The summed E-state index contributed by atoms with van der Waals surface area (Å²) in [5.74, 6) is 0.0821. The molecular formula is C29H36N4O2. The van der Waals surface area contributed by atoms with Crippen LogP contribution in [0.15, 0.2) is 60.7 Å². The summed E-state index contributed by atoms with van der Waals surface area (Å²) in [5.41, 5.74) is 4.66. The normalized spacial score (nSPS) is 21.7. The molecule has 2 aliphatic heterocycles. The maximum atomic E-state index is 13.9. The van der Waals surface area contributed by atoms with Gasteiger partial charge in [-0.3, -0.25) is 4.79 Å². The van der Waals surface area contributed by atoms with Crippen LogP contribution in [0.1, 0.15) is 66.0 Å². The number of piperidine rings is 1. The third-order valence-corrected chi connectivity index (χ3v) is 7.56. The highest BCUT2D eigenvalue weighted by molar-refractivity contribution is 5.95. The highest BCUT2D eigenvalue weighted by Gasteiger charge is 2.45. The van der Waals surface area contributed by atoms with Gasteiger partial charge in [-0.05, 0) is 89.4 Å². The summed E-state index contributed by atoms with van der Waals surface area (Å²) in [7, 11) is 0. The van der Waals surface area contributed by atoms with Crippen LogP contribution >= 0.6 is 0 Å². The van der Waals surface area contributed by atoms with Crippen molar-refractivity contribution in [2.75, 3.05) is 19.6 Å². The van der Waals surface area contributed by atoms with E-state index < -0.39 is 0 Å². The highest BCUT2D eigenvalue weighted by Crippen LogP contribution is 2.43. The van der Waals surface area contributed by atoms with Gasteiger partial charge in [0.2, 0.25) is 0 Å². The van der Waals surface area contributed by atoms with Crippen molar-refractivity contribution in [3.05, 3.63) is 83.2 Å². The van der Waals surface area contributed by atoms with Crippen LogP contribution in [0.5, 0.6) is 0 Å². The van der Waals surface area contributed by atoms with Crippen LogP contribution in [-0.2, 0) is 4.74 Å². The summed E-state index contributed by atoms with van der Waals surface area (Å²) in [5, 5.41) is 8.08. The quantitative estimate of drug-likeness (QED) is 0.568. The van der Waals surface area contributed by atoms with Crippen molar-refractivity contribution >= 4 is 5.91 Å². The number of aromatic nitrogens is 2. The van der Waals surface area contributed by atoms with Crippen molar-refractivity contribution in [3.63, 3.8) is 0 Å². The SMILES string of the molecule is CCN(C(=O)c1cccc(-n2nc(C)cc2C)c1)[C@H]1C[C@H](c2ccccc2)OC2(CCNCC2)C1. The molecule has 0 radical (unpaired) electrons. The Balaban J connectivity index is 1.44. The molecule has 2 saturated heterocycles. The number of aryl methyl sites for hydroxylation is 2. The summed E-state index contributed by atoms with van der Waals surface area (Å²) in [4.78, 5) is 16.0. The van der Waals surface area contributed by atoms with E-state index in [1.807, 2.05) is 48.9 Å². The van der Waals surface area contributed by atoms with Gasteiger partial charge in [0.05, 0.1) is 23.1 Å². The van der Waals surface area contributed by atoms with Gasteiger partial charge in [-0.15, -0.1) is 0 Å². The van der Waals surface area contributed by atoms with Crippen molar-refractivity contribution in [2.45, 2.75) is 64.2 Å². The molecule has 0 unspecified atom stereocenters. The minimum absolute atomic E-state index is 0.00377. The Bertz CT molecular complexity index is 1170. The van der Waals surface area contributed by atoms with Crippen LogP contribution in [0.25, 0.3) is 5.69 Å². The zero-order valence-corrected chi connectivity index (χ0v) is 21.0. The number of rotatable bonds is 5. The molecule has 0 bridgehead atoms. The van der Waals surface area contributed by atoms with Gasteiger partial charge in [-0.2, -0.15) is 5.10 Å².